The minimum absolute atomic E-state index is 0.204. The fourth-order valence-electron chi connectivity index (χ4n) is 2.44. The molecule has 0 saturated carbocycles. The van der Waals surface area contributed by atoms with Crippen molar-refractivity contribution < 1.29 is 19.1 Å². The maximum Gasteiger partial charge on any atom is 0.316 e. The number of methoxy groups -OCH3 is 2. The molecule has 0 spiro atoms. The molecule has 2 aromatic rings. The van der Waals surface area contributed by atoms with Crippen molar-refractivity contribution in [2.24, 2.45) is 5.73 Å². The van der Waals surface area contributed by atoms with Gasteiger partial charge in [0, 0.05) is 17.8 Å². The third kappa shape index (κ3) is 6.07. The maximum atomic E-state index is 12.2. The van der Waals surface area contributed by atoms with E-state index in [1.54, 1.807) is 50.6 Å². The Labute approximate surface area is 158 Å². The lowest BCUT2D eigenvalue weighted by molar-refractivity contribution is -0.117. The second kappa shape index (κ2) is 9.28. The summed E-state index contributed by atoms with van der Waals surface area (Å²) in [4.78, 5) is 23.0. The molecule has 0 aliphatic heterocycles. The van der Waals surface area contributed by atoms with Crippen LogP contribution < -0.4 is 25.8 Å². The van der Waals surface area contributed by atoms with Crippen LogP contribution in [0.5, 0.6) is 11.5 Å². The second-order valence-electron chi connectivity index (χ2n) is 5.82. The third-order valence-electron chi connectivity index (χ3n) is 3.84. The van der Waals surface area contributed by atoms with Gasteiger partial charge in [-0.25, -0.2) is 4.79 Å². The third-order valence-corrected chi connectivity index (χ3v) is 3.84. The number of hydrogen-bond acceptors (Lipinski definition) is 4. The molecule has 0 aromatic heterocycles. The average Bonchev–Trinajstić information content (AvgIpc) is 2.66. The highest BCUT2D eigenvalue weighted by atomic mass is 16.5. The molecule has 0 fully saturated rings. The fourth-order valence-corrected chi connectivity index (χ4v) is 2.44. The van der Waals surface area contributed by atoms with Gasteiger partial charge in [0.05, 0.1) is 20.3 Å². The van der Waals surface area contributed by atoms with Gasteiger partial charge in [-0.1, -0.05) is 12.1 Å². The van der Waals surface area contributed by atoms with E-state index in [1.165, 1.54) is 6.08 Å². The normalized spacial score (nSPS) is 11.7. The van der Waals surface area contributed by atoms with Gasteiger partial charge in [0.2, 0.25) is 5.91 Å². The summed E-state index contributed by atoms with van der Waals surface area (Å²) in [5.41, 5.74) is 7.36. The van der Waals surface area contributed by atoms with Crippen LogP contribution >= 0.6 is 0 Å². The topological polar surface area (TPSA) is 103 Å². The Morgan fingerprint density at radius 2 is 1.63 bits per heavy atom. The maximum absolute atomic E-state index is 12.2. The van der Waals surface area contributed by atoms with E-state index in [9.17, 15) is 9.59 Å². The number of nitrogens with two attached hydrogens (primary N) is 1. The van der Waals surface area contributed by atoms with Gasteiger partial charge in [-0.15, -0.1) is 0 Å². The number of nitrogens with one attached hydrogen (secondary N) is 2. The van der Waals surface area contributed by atoms with Crippen LogP contribution in [0, 0.1) is 0 Å². The standard InChI is InChI=1S/C20H23N3O4/c1-13(15-5-7-16(8-6-15)23-20(21)25)22-19(24)9-4-14-10-17(26-2)12-18(11-14)27-3/h4-13H,1-3H3,(H,22,24)(H3,21,23,25)/b9-4+/t13-/m0/s1. The Balaban J connectivity index is 2.00. The Morgan fingerprint density at radius 1 is 1.04 bits per heavy atom. The smallest absolute Gasteiger partial charge is 0.316 e. The number of carbonyl (C=O) groups excluding carboxylic acids is 2. The van der Waals surface area contributed by atoms with Gasteiger partial charge >= 0.3 is 6.03 Å². The molecule has 7 nitrogen and oxygen atoms in total. The van der Waals surface area contributed by atoms with Gasteiger partial charge in [-0.2, -0.15) is 0 Å². The monoisotopic (exact) mass is 369 g/mol. The molecule has 0 bridgehead atoms. The predicted octanol–water partition coefficient (Wildman–Crippen LogP) is 3.09. The van der Waals surface area contributed by atoms with E-state index < -0.39 is 6.03 Å². The summed E-state index contributed by atoms with van der Waals surface area (Å²) in [6, 6.07) is 11.6. The van der Waals surface area contributed by atoms with Crippen LogP contribution in [0.25, 0.3) is 6.08 Å². The SMILES string of the molecule is COc1cc(/C=C/C(=O)N[C@@H](C)c2ccc(NC(N)=O)cc2)cc(OC)c1. The molecular weight excluding hydrogens is 346 g/mol. The lowest BCUT2D eigenvalue weighted by Gasteiger charge is -2.13. The first-order chi connectivity index (χ1) is 12.9. The largest absolute Gasteiger partial charge is 0.497 e. The van der Waals surface area contributed by atoms with Gasteiger partial charge in [-0.05, 0) is 48.4 Å². The van der Waals surface area contributed by atoms with Crippen molar-refractivity contribution in [1.29, 1.82) is 0 Å². The van der Waals surface area contributed by atoms with Crippen LogP contribution in [0.1, 0.15) is 24.1 Å². The van der Waals surface area contributed by atoms with Gasteiger partial charge in [0.25, 0.3) is 0 Å². The minimum atomic E-state index is -0.622. The number of hydrogen-bond donors (Lipinski definition) is 3. The molecular formula is C20H23N3O4. The predicted molar refractivity (Wildman–Crippen MR) is 105 cm³/mol. The lowest BCUT2D eigenvalue weighted by Crippen LogP contribution is -2.24. The van der Waals surface area contributed by atoms with Crippen molar-refractivity contribution in [1.82, 2.24) is 5.32 Å². The minimum Gasteiger partial charge on any atom is -0.497 e. The number of carbonyl (C=O) groups is 2. The van der Waals surface area contributed by atoms with E-state index in [-0.39, 0.29) is 11.9 Å². The van der Waals surface area contributed by atoms with Gasteiger partial charge < -0.3 is 25.8 Å². The van der Waals surface area contributed by atoms with Crippen LogP contribution in [0.2, 0.25) is 0 Å². The molecule has 0 unspecified atom stereocenters. The van der Waals surface area contributed by atoms with Gasteiger partial charge in [-0.3, -0.25) is 4.79 Å². The Kier molecular flexibility index (Phi) is 6.82. The van der Waals surface area contributed by atoms with E-state index >= 15 is 0 Å². The number of rotatable bonds is 7. The highest BCUT2D eigenvalue weighted by Crippen LogP contribution is 2.23. The van der Waals surface area contributed by atoms with Crippen molar-refractivity contribution >= 4 is 23.7 Å². The van der Waals surface area contributed by atoms with E-state index in [0.717, 1.165) is 11.1 Å². The molecule has 2 aromatic carbocycles. The van der Waals surface area contributed by atoms with Crippen LogP contribution in [0.15, 0.2) is 48.5 Å². The quantitative estimate of drug-likeness (QED) is 0.653. The second-order valence-corrected chi connectivity index (χ2v) is 5.82. The summed E-state index contributed by atoms with van der Waals surface area (Å²) in [6.45, 7) is 1.87. The summed E-state index contributed by atoms with van der Waals surface area (Å²) in [5, 5.41) is 5.37. The van der Waals surface area contributed by atoms with Crippen molar-refractivity contribution in [2.45, 2.75) is 13.0 Å². The van der Waals surface area contributed by atoms with Gasteiger partial charge in [0.15, 0.2) is 0 Å². The zero-order valence-corrected chi connectivity index (χ0v) is 15.5. The zero-order chi connectivity index (χ0) is 19.8. The highest BCUT2D eigenvalue weighted by Gasteiger charge is 2.08. The first-order valence-electron chi connectivity index (χ1n) is 8.29. The Bertz CT molecular complexity index is 809. The lowest BCUT2D eigenvalue weighted by atomic mass is 10.1. The molecule has 0 radical (unpaired) electrons. The first-order valence-corrected chi connectivity index (χ1v) is 8.29. The number of anilines is 1. The van der Waals surface area contributed by atoms with Crippen molar-refractivity contribution in [3.63, 3.8) is 0 Å². The highest BCUT2D eigenvalue weighted by molar-refractivity contribution is 5.92. The molecule has 1 atom stereocenters. The number of amides is 3. The molecule has 0 aliphatic carbocycles. The molecule has 0 heterocycles. The van der Waals surface area contributed by atoms with Crippen LogP contribution in [-0.4, -0.2) is 26.2 Å². The summed E-state index contributed by atoms with van der Waals surface area (Å²) < 4.78 is 10.4. The first kappa shape index (κ1) is 19.8. The zero-order valence-electron chi connectivity index (χ0n) is 15.5. The summed E-state index contributed by atoms with van der Waals surface area (Å²) >= 11 is 0. The van der Waals surface area contributed by atoms with Crippen molar-refractivity contribution in [3.05, 3.63) is 59.7 Å². The Hall–Kier alpha value is -3.48. The number of primary amides is 1. The van der Waals surface area contributed by atoms with Crippen molar-refractivity contribution in [3.8, 4) is 11.5 Å². The van der Waals surface area contributed by atoms with Crippen LogP contribution in [0.4, 0.5) is 10.5 Å². The molecule has 27 heavy (non-hydrogen) atoms. The van der Waals surface area contributed by atoms with E-state index in [1.807, 2.05) is 19.1 Å². The summed E-state index contributed by atoms with van der Waals surface area (Å²) in [5.74, 6) is 1.06. The molecule has 142 valence electrons. The molecule has 7 heteroatoms. The summed E-state index contributed by atoms with van der Waals surface area (Å²) in [6.07, 6.45) is 3.14. The average molecular weight is 369 g/mol. The van der Waals surface area contributed by atoms with E-state index in [2.05, 4.69) is 10.6 Å². The summed E-state index contributed by atoms with van der Waals surface area (Å²) in [7, 11) is 3.14. The molecule has 0 aliphatic rings. The molecule has 4 N–H and O–H groups in total. The van der Waals surface area contributed by atoms with E-state index in [4.69, 9.17) is 15.2 Å². The van der Waals surface area contributed by atoms with Crippen molar-refractivity contribution in [2.75, 3.05) is 19.5 Å². The molecule has 0 saturated heterocycles. The van der Waals surface area contributed by atoms with E-state index in [0.29, 0.717) is 17.2 Å². The van der Waals surface area contributed by atoms with Crippen LogP contribution in [-0.2, 0) is 4.79 Å². The molecule has 2 rings (SSSR count). The Morgan fingerprint density at radius 3 is 2.15 bits per heavy atom. The number of benzene rings is 2. The fraction of sp³-hybridized carbons (Fsp3) is 0.200. The molecule has 3 amide bonds. The van der Waals surface area contributed by atoms with Gasteiger partial charge in [0.1, 0.15) is 11.5 Å². The number of urea groups is 1. The number of ether oxygens (including phenoxy) is 2. The van der Waals surface area contributed by atoms with Crippen LogP contribution in [0.3, 0.4) is 0 Å².